The molecule has 1 aromatic carbocycles. The summed E-state index contributed by atoms with van der Waals surface area (Å²) in [5.41, 5.74) is 0.505. The molecule has 2 rings (SSSR count). The van der Waals surface area contributed by atoms with Crippen molar-refractivity contribution in [2.24, 2.45) is 0 Å². The molecule has 2 aromatic rings. The number of carbonyl (C=O) groups is 1. The average molecular weight is 295 g/mol. The zero-order valence-corrected chi connectivity index (χ0v) is 10.9. The van der Waals surface area contributed by atoms with Crippen LogP contribution in [0.5, 0.6) is 5.75 Å². The predicted molar refractivity (Wildman–Crippen MR) is 67.5 cm³/mol. The van der Waals surface area contributed by atoms with Crippen LogP contribution in [0.3, 0.4) is 0 Å². The van der Waals surface area contributed by atoms with E-state index in [-0.39, 0.29) is 11.5 Å². The second-order valence-electron chi connectivity index (χ2n) is 3.36. The molecule has 0 fully saturated rings. The lowest BCUT2D eigenvalue weighted by Crippen LogP contribution is -2.04. The first-order valence-electron chi connectivity index (χ1n) is 5.23. The zero-order chi connectivity index (χ0) is 12.3. The standard InChI is InChI=1S/C13H11BrO3/c1-2-16-11-6-4-3-5-9(11)12(15)13-10(14)7-8-17-13/h3-8H,2H2,1H3. The van der Waals surface area contributed by atoms with Gasteiger partial charge in [-0.1, -0.05) is 12.1 Å². The van der Waals surface area contributed by atoms with Crippen molar-refractivity contribution in [1.29, 1.82) is 0 Å². The number of ether oxygens (including phenoxy) is 1. The highest BCUT2D eigenvalue weighted by molar-refractivity contribution is 9.10. The van der Waals surface area contributed by atoms with E-state index in [0.29, 0.717) is 22.4 Å². The molecule has 0 aliphatic carbocycles. The van der Waals surface area contributed by atoms with Crippen molar-refractivity contribution in [3.63, 3.8) is 0 Å². The lowest BCUT2D eigenvalue weighted by atomic mass is 10.1. The van der Waals surface area contributed by atoms with E-state index >= 15 is 0 Å². The molecule has 1 aromatic heterocycles. The van der Waals surface area contributed by atoms with Gasteiger partial charge in [0.15, 0.2) is 5.76 Å². The summed E-state index contributed by atoms with van der Waals surface area (Å²) in [6.45, 7) is 2.40. The van der Waals surface area contributed by atoms with Gasteiger partial charge in [-0.2, -0.15) is 0 Å². The lowest BCUT2D eigenvalue weighted by molar-refractivity contribution is 0.100. The Morgan fingerprint density at radius 3 is 2.76 bits per heavy atom. The molecule has 3 nitrogen and oxygen atoms in total. The molecular weight excluding hydrogens is 284 g/mol. The topological polar surface area (TPSA) is 39.4 Å². The number of halogens is 1. The maximum absolute atomic E-state index is 12.2. The largest absolute Gasteiger partial charge is 0.493 e. The van der Waals surface area contributed by atoms with Gasteiger partial charge in [0, 0.05) is 0 Å². The van der Waals surface area contributed by atoms with Crippen LogP contribution in [0.25, 0.3) is 0 Å². The zero-order valence-electron chi connectivity index (χ0n) is 9.27. The Balaban J connectivity index is 2.40. The highest BCUT2D eigenvalue weighted by Gasteiger charge is 2.19. The van der Waals surface area contributed by atoms with Crippen LogP contribution in [0.2, 0.25) is 0 Å². The molecule has 17 heavy (non-hydrogen) atoms. The molecule has 0 unspecified atom stereocenters. The molecule has 0 saturated carbocycles. The van der Waals surface area contributed by atoms with Crippen LogP contribution in [0.4, 0.5) is 0 Å². The number of carbonyl (C=O) groups excluding carboxylic acids is 1. The summed E-state index contributed by atoms with van der Waals surface area (Å²) in [4.78, 5) is 12.2. The number of para-hydroxylation sites is 1. The molecule has 0 atom stereocenters. The highest BCUT2D eigenvalue weighted by atomic mass is 79.9. The third kappa shape index (κ3) is 2.42. The fraction of sp³-hybridized carbons (Fsp3) is 0.154. The summed E-state index contributed by atoms with van der Waals surface area (Å²) in [7, 11) is 0. The molecule has 88 valence electrons. The smallest absolute Gasteiger partial charge is 0.233 e. The molecule has 0 spiro atoms. The predicted octanol–water partition coefficient (Wildman–Crippen LogP) is 3.67. The minimum absolute atomic E-state index is 0.189. The number of rotatable bonds is 4. The molecule has 0 bridgehead atoms. The van der Waals surface area contributed by atoms with Crippen molar-refractivity contribution in [2.75, 3.05) is 6.61 Å². The summed E-state index contributed by atoms with van der Waals surface area (Å²) in [6.07, 6.45) is 1.47. The molecule has 0 aliphatic rings. The van der Waals surface area contributed by atoms with E-state index < -0.39 is 0 Å². The molecular formula is C13H11BrO3. The quantitative estimate of drug-likeness (QED) is 0.808. The number of furan rings is 1. The fourth-order valence-corrected chi connectivity index (χ4v) is 1.90. The summed E-state index contributed by atoms with van der Waals surface area (Å²) >= 11 is 3.27. The van der Waals surface area contributed by atoms with Gasteiger partial charge in [0.25, 0.3) is 0 Å². The van der Waals surface area contributed by atoms with Crippen LogP contribution >= 0.6 is 15.9 Å². The van der Waals surface area contributed by atoms with Crippen molar-refractivity contribution in [1.82, 2.24) is 0 Å². The first kappa shape index (κ1) is 11.9. The Morgan fingerprint density at radius 2 is 2.12 bits per heavy atom. The van der Waals surface area contributed by atoms with Crippen LogP contribution < -0.4 is 4.74 Å². The Bertz CT molecular complexity index is 531. The van der Waals surface area contributed by atoms with Gasteiger partial charge < -0.3 is 9.15 Å². The number of benzene rings is 1. The van der Waals surface area contributed by atoms with Gasteiger partial charge in [0.1, 0.15) is 5.75 Å². The summed E-state index contributed by atoms with van der Waals surface area (Å²) in [6, 6.07) is 8.82. The minimum Gasteiger partial charge on any atom is -0.493 e. The summed E-state index contributed by atoms with van der Waals surface area (Å²) in [5, 5.41) is 0. The average Bonchev–Trinajstić information content (AvgIpc) is 2.76. The van der Waals surface area contributed by atoms with Gasteiger partial charge in [0.05, 0.1) is 22.9 Å². The number of hydrogen-bond acceptors (Lipinski definition) is 3. The first-order chi connectivity index (χ1) is 8.24. The van der Waals surface area contributed by atoms with Crippen LogP contribution in [0.15, 0.2) is 45.5 Å². The van der Waals surface area contributed by atoms with Gasteiger partial charge in [-0.25, -0.2) is 0 Å². The lowest BCUT2D eigenvalue weighted by Gasteiger charge is -2.07. The van der Waals surface area contributed by atoms with Crippen LogP contribution in [0, 0.1) is 0 Å². The molecule has 0 radical (unpaired) electrons. The second-order valence-corrected chi connectivity index (χ2v) is 4.21. The van der Waals surface area contributed by atoms with Gasteiger partial charge >= 0.3 is 0 Å². The Hall–Kier alpha value is -1.55. The Kier molecular flexibility index (Phi) is 3.64. The van der Waals surface area contributed by atoms with Crippen molar-refractivity contribution in [2.45, 2.75) is 6.92 Å². The molecule has 1 heterocycles. The monoisotopic (exact) mass is 294 g/mol. The molecule has 0 amide bonds. The fourth-order valence-electron chi connectivity index (χ4n) is 1.51. The van der Waals surface area contributed by atoms with Crippen molar-refractivity contribution in [3.05, 3.63) is 52.4 Å². The van der Waals surface area contributed by atoms with Crippen LogP contribution in [-0.4, -0.2) is 12.4 Å². The minimum atomic E-state index is -0.189. The van der Waals surface area contributed by atoms with Gasteiger partial charge in [-0.3, -0.25) is 4.79 Å². The van der Waals surface area contributed by atoms with Gasteiger partial charge in [0.2, 0.25) is 5.78 Å². The van der Waals surface area contributed by atoms with Gasteiger partial charge in [-0.05, 0) is 41.1 Å². The van der Waals surface area contributed by atoms with E-state index in [1.165, 1.54) is 6.26 Å². The number of hydrogen-bond donors (Lipinski definition) is 0. The van der Waals surface area contributed by atoms with E-state index in [2.05, 4.69) is 15.9 Å². The summed E-state index contributed by atoms with van der Waals surface area (Å²) < 4.78 is 11.2. The maximum atomic E-state index is 12.2. The normalized spacial score (nSPS) is 10.2. The molecule has 0 N–H and O–H groups in total. The third-order valence-corrected chi connectivity index (χ3v) is 2.88. The van der Waals surface area contributed by atoms with E-state index in [1.807, 2.05) is 13.0 Å². The molecule has 0 aliphatic heterocycles. The van der Waals surface area contributed by atoms with E-state index in [1.54, 1.807) is 24.3 Å². The third-order valence-electron chi connectivity index (χ3n) is 2.25. The maximum Gasteiger partial charge on any atom is 0.233 e. The summed E-state index contributed by atoms with van der Waals surface area (Å²) in [5.74, 6) is 0.673. The Morgan fingerprint density at radius 1 is 1.35 bits per heavy atom. The SMILES string of the molecule is CCOc1ccccc1C(=O)c1occc1Br. The van der Waals surface area contributed by atoms with Crippen LogP contribution in [-0.2, 0) is 0 Å². The van der Waals surface area contributed by atoms with Crippen LogP contribution in [0.1, 0.15) is 23.0 Å². The van der Waals surface area contributed by atoms with E-state index in [0.717, 1.165) is 0 Å². The van der Waals surface area contributed by atoms with E-state index in [4.69, 9.17) is 9.15 Å². The van der Waals surface area contributed by atoms with Crippen molar-refractivity contribution < 1.29 is 13.9 Å². The van der Waals surface area contributed by atoms with E-state index in [9.17, 15) is 4.79 Å². The van der Waals surface area contributed by atoms with Crippen molar-refractivity contribution in [3.8, 4) is 5.75 Å². The second kappa shape index (κ2) is 5.19. The Labute approximate surface area is 108 Å². The van der Waals surface area contributed by atoms with Gasteiger partial charge in [-0.15, -0.1) is 0 Å². The van der Waals surface area contributed by atoms with Crippen molar-refractivity contribution >= 4 is 21.7 Å². The number of ketones is 1. The first-order valence-corrected chi connectivity index (χ1v) is 6.03. The molecule has 4 heteroatoms. The molecule has 0 saturated heterocycles. The highest BCUT2D eigenvalue weighted by Crippen LogP contribution is 2.26.